The number of carboxylic acids is 1. The van der Waals surface area contributed by atoms with Crippen molar-refractivity contribution in [2.24, 2.45) is 0 Å². The summed E-state index contributed by atoms with van der Waals surface area (Å²) in [6.45, 7) is 2.56. The number of hydrogen-bond donors (Lipinski definition) is 0. The number of carbonyl (C=O) groups is 1. The summed E-state index contributed by atoms with van der Waals surface area (Å²) in [4.78, 5) is 16.0. The molecular weight excluding hydrogens is 392 g/mol. The molecule has 0 radical (unpaired) electrons. The number of nitrogens with zero attached hydrogens (tertiary/aromatic N) is 1. The van der Waals surface area contributed by atoms with E-state index in [0.29, 0.717) is 17.8 Å². The van der Waals surface area contributed by atoms with Crippen LogP contribution in [0.2, 0.25) is 0 Å². The number of pyridine rings is 1. The molecule has 0 N–H and O–H groups in total. The molecule has 0 aliphatic carbocycles. The van der Waals surface area contributed by atoms with Gasteiger partial charge in [0.2, 0.25) is 0 Å². The first kappa shape index (κ1) is 22.0. The molecule has 0 fully saturated rings. The van der Waals surface area contributed by atoms with Crippen molar-refractivity contribution in [1.29, 1.82) is 0 Å². The van der Waals surface area contributed by atoms with E-state index in [-0.39, 0.29) is 40.5 Å². The number of aromatic carboxylic acids is 1. The molecule has 0 aliphatic rings. The molecule has 30 heavy (non-hydrogen) atoms. The molecule has 0 unspecified atom stereocenters. The molecule has 0 saturated heterocycles. The van der Waals surface area contributed by atoms with Crippen molar-refractivity contribution in [3.63, 3.8) is 0 Å². The van der Waals surface area contributed by atoms with Gasteiger partial charge in [0, 0.05) is 16.5 Å². The van der Waals surface area contributed by atoms with Gasteiger partial charge in [-0.15, -0.1) is 0 Å². The summed E-state index contributed by atoms with van der Waals surface area (Å²) in [5.41, 5.74) is 3.62. The zero-order valence-electron chi connectivity index (χ0n) is 16.7. The summed E-state index contributed by atoms with van der Waals surface area (Å²) in [5, 5.41) is 11.8. The van der Waals surface area contributed by atoms with E-state index in [1.54, 1.807) is 0 Å². The van der Waals surface area contributed by atoms with Crippen LogP contribution in [0, 0.1) is 5.82 Å². The fraction of sp³-hybridized carbons (Fsp3) is 0.0833. The third kappa shape index (κ3) is 4.54. The Labute approximate surface area is 195 Å². The van der Waals surface area contributed by atoms with Crippen LogP contribution in [-0.4, -0.2) is 17.6 Å². The van der Waals surface area contributed by atoms with Crippen LogP contribution < -0.4 is 39.4 Å². The van der Waals surface area contributed by atoms with Crippen LogP contribution in [0.25, 0.3) is 33.3 Å². The van der Waals surface area contributed by atoms with Crippen LogP contribution in [0.3, 0.4) is 0 Å². The van der Waals surface area contributed by atoms with E-state index < -0.39 is 11.8 Å². The summed E-state index contributed by atoms with van der Waals surface area (Å²) in [7, 11) is 0. The number of carboxylic acid groups (broad SMARTS) is 1. The van der Waals surface area contributed by atoms with Gasteiger partial charge in [0.15, 0.2) is 0 Å². The van der Waals surface area contributed by atoms with E-state index in [1.165, 1.54) is 18.2 Å². The van der Waals surface area contributed by atoms with Crippen molar-refractivity contribution in [3.05, 3.63) is 84.2 Å². The number of benzene rings is 3. The molecule has 1 aromatic heterocycles. The van der Waals surface area contributed by atoms with E-state index in [9.17, 15) is 14.3 Å². The largest absolute Gasteiger partial charge is 1.00 e. The number of carbonyl (C=O) groups excluding carboxylic acids is 1. The maximum absolute atomic E-state index is 13.5. The van der Waals surface area contributed by atoms with E-state index in [0.717, 1.165) is 28.5 Å². The minimum Gasteiger partial charge on any atom is -0.545 e. The quantitative estimate of drug-likeness (QED) is 0.469. The number of hydrogen-bond acceptors (Lipinski definition) is 4. The zero-order chi connectivity index (χ0) is 20.4. The van der Waals surface area contributed by atoms with Gasteiger partial charge in [-0.25, -0.2) is 9.37 Å². The summed E-state index contributed by atoms with van der Waals surface area (Å²) < 4.78 is 19.0. The van der Waals surface area contributed by atoms with Gasteiger partial charge >= 0.3 is 29.6 Å². The van der Waals surface area contributed by atoms with Gasteiger partial charge in [-0.2, -0.15) is 0 Å². The summed E-state index contributed by atoms with van der Waals surface area (Å²) in [5.74, 6) is -1.07. The summed E-state index contributed by atoms with van der Waals surface area (Å²) >= 11 is 0. The first-order chi connectivity index (χ1) is 14.0. The predicted molar refractivity (Wildman–Crippen MR) is 108 cm³/mol. The number of rotatable bonds is 5. The maximum atomic E-state index is 13.5. The first-order valence-electron chi connectivity index (χ1n) is 9.20. The summed E-state index contributed by atoms with van der Waals surface area (Å²) in [6, 6.07) is 20.8. The van der Waals surface area contributed by atoms with E-state index >= 15 is 0 Å². The molecule has 0 saturated carbocycles. The number of ether oxygens (including phenoxy) is 1. The minimum absolute atomic E-state index is 0. The van der Waals surface area contributed by atoms with E-state index in [2.05, 4.69) is 4.98 Å². The fourth-order valence-electron chi connectivity index (χ4n) is 3.26. The summed E-state index contributed by atoms with van der Waals surface area (Å²) in [6.07, 6.45) is 0. The zero-order valence-corrected chi connectivity index (χ0v) is 18.7. The van der Waals surface area contributed by atoms with Crippen molar-refractivity contribution in [1.82, 2.24) is 4.98 Å². The van der Waals surface area contributed by atoms with Crippen molar-refractivity contribution in [2.75, 3.05) is 6.61 Å². The predicted octanol–water partition coefficient (Wildman–Crippen LogP) is 1.47. The molecule has 144 valence electrons. The fourth-order valence-corrected chi connectivity index (χ4v) is 3.26. The third-order valence-electron chi connectivity index (χ3n) is 4.67. The van der Waals surface area contributed by atoms with Crippen LogP contribution >= 0.6 is 0 Å². The average molecular weight is 409 g/mol. The van der Waals surface area contributed by atoms with Gasteiger partial charge < -0.3 is 14.6 Å². The molecule has 4 nitrogen and oxygen atoms in total. The van der Waals surface area contributed by atoms with Crippen molar-refractivity contribution in [2.45, 2.75) is 6.92 Å². The van der Waals surface area contributed by atoms with Crippen LogP contribution in [0.4, 0.5) is 4.39 Å². The Morgan fingerprint density at radius 3 is 2.13 bits per heavy atom. The van der Waals surface area contributed by atoms with Gasteiger partial charge in [0.05, 0.1) is 23.8 Å². The normalized spacial score (nSPS) is 10.5. The Balaban J connectivity index is 0.00000256. The average Bonchev–Trinajstić information content (AvgIpc) is 2.74. The minimum atomic E-state index is -1.37. The monoisotopic (exact) mass is 409 g/mol. The number of halogens is 1. The molecule has 0 atom stereocenters. The standard InChI is InChI=1S/C24H18FNO3.Na/c1-2-29-19-10-7-16(8-11-19)15-3-5-17(6-4-15)23-14-21(24(27)28)20-13-18(25)9-12-22(20)26-23;/h3-14H,2H2,1H3,(H,27,28);/q;+1/p-1. The molecule has 4 rings (SSSR count). The topological polar surface area (TPSA) is 62.2 Å². The maximum Gasteiger partial charge on any atom is 1.00 e. The number of fused-ring (bicyclic) bond motifs is 1. The van der Waals surface area contributed by atoms with Crippen LogP contribution in [0.15, 0.2) is 72.8 Å². The van der Waals surface area contributed by atoms with Crippen molar-refractivity contribution in [3.8, 4) is 28.1 Å². The van der Waals surface area contributed by atoms with Gasteiger partial charge in [0.25, 0.3) is 0 Å². The molecule has 0 bridgehead atoms. The second-order valence-corrected chi connectivity index (χ2v) is 6.54. The first-order valence-corrected chi connectivity index (χ1v) is 9.20. The van der Waals surface area contributed by atoms with Crippen LogP contribution in [0.5, 0.6) is 5.75 Å². The molecular formula is C24H17FNNaO3. The Hall–Kier alpha value is -2.73. The Morgan fingerprint density at radius 2 is 1.53 bits per heavy atom. The van der Waals surface area contributed by atoms with Gasteiger partial charge in [0.1, 0.15) is 11.6 Å². The Kier molecular flexibility index (Phi) is 6.87. The third-order valence-corrected chi connectivity index (χ3v) is 4.67. The smallest absolute Gasteiger partial charge is 0.545 e. The number of aromatic nitrogens is 1. The van der Waals surface area contributed by atoms with Crippen LogP contribution in [0.1, 0.15) is 17.3 Å². The second kappa shape index (κ2) is 9.39. The van der Waals surface area contributed by atoms with Gasteiger partial charge in [-0.1, -0.05) is 36.4 Å². The van der Waals surface area contributed by atoms with E-state index in [4.69, 9.17) is 4.74 Å². The Morgan fingerprint density at radius 1 is 0.933 bits per heavy atom. The van der Waals surface area contributed by atoms with E-state index in [1.807, 2.05) is 55.5 Å². The Bertz CT molecular complexity index is 1190. The van der Waals surface area contributed by atoms with Gasteiger partial charge in [-0.05, 0) is 54.4 Å². The van der Waals surface area contributed by atoms with Crippen molar-refractivity contribution >= 4 is 16.9 Å². The van der Waals surface area contributed by atoms with Crippen LogP contribution in [-0.2, 0) is 0 Å². The van der Waals surface area contributed by atoms with Crippen molar-refractivity contribution < 1.29 is 48.6 Å². The SMILES string of the molecule is CCOc1ccc(-c2ccc(-c3cc(C(=O)[O-])c4cc(F)ccc4n3)cc2)cc1.[Na+]. The molecule has 3 aromatic carbocycles. The molecule has 6 heteroatoms. The molecule has 4 aromatic rings. The second-order valence-electron chi connectivity index (χ2n) is 6.54. The molecule has 0 aliphatic heterocycles. The molecule has 1 heterocycles. The molecule has 0 amide bonds. The molecule has 0 spiro atoms. The van der Waals surface area contributed by atoms with Gasteiger partial charge in [-0.3, -0.25) is 0 Å².